The predicted molar refractivity (Wildman–Crippen MR) is 50.3 cm³/mol. The normalized spacial score (nSPS) is 18.1. The first-order valence-electron chi connectivity index (χ1n) is 3.99. The van der Waals surface area contributed by atoms with E-state index in [1.807, 2.05) is 0 Å². The van der Waals surface area contributed by atoms with Crippen LogP contribution in [0.2, 0.25) is 0 Å². The Morgan fingerprint density at radius 3 is 1.83 bits per heavy atom. The maximum atomic E-state index is 13.2. The lowest BCUT2D eigenvalue weighted by atomic mass is 10.5. The van der Waals surface area contributed by atoms with Crippen LogP contribution in [0.1, 0.15) is 0 Å². The van der Waals surface area contributed by atoms with Crippen molar-refractivity contribution in [2.24, 2.45) is 0 Å². The standard InChI is InChI=1S/C7H4ClF8NS/c8-6(9,10)7(11,12)18(13,14,15,16)5-3-1-2-4-17-5/h1-4H. The van der Waals surface area contributed by atoms with Crippen molar-refractivity contribution < 1.29 is 33.1 Å². The molecular formula is C7H4ClF8NS. The van der Waals surface area contributed by atoms with Gasteiger partial charge in [-0.1, -0.05) is 6.07 Å². The Morgan fingerprint density at radius 2 is 1.50 bits per heavy atom. The molecule has 1 heterocycles. The van der Waals surface area contributed by atoms with Crippen LogP contribution in [0.4, 0.5) is 33.1 Å². The Bertz CT molecular complexity index is 462. The SMILES string of the molecule is FC(F)(Cl)C(F)(F)S(F)(F)(F)(F)c1ccccn1. The Kier molecular flexibility index (Phi) is 2.73. The van der Waals surface area contributed by atoms with E-state index >= 15 is 0 Å². The molecule has 106 valence electrons. The summed E-state index contributed by atoms with van der Waals surface area (Å²) in [7, 11) is -10.7. The largest absolute Gasteiger partial charge is 0.435 e. The second-order valence-corrected chi connectivity index (χ2v) is 6.80. The van der Waals surface area contributed by atoms with Gasteiger partial charge in [-0.15, -0.1) is 15.5 Å². The summed E-state index contributed by atoms with van der Waals surface area (Å²) in [5.74, 6) is 0. The summed E-state index contributed by atoms with van der Waals surface area (Å²) >= 11 is 3.70. The van der Waals surface area contributed by atoms with Gasteiger partial charge in [-0.3, -0.25) is 0 Å². The maximum Gasteiger partial charge on any atom is 0.435 e. The summed E-state index contributed by atoms with van der Waals surface area (Å²) in [4.78, 5) is 2.35. The second-order valence-electron chi connectivity index (χ2n) is 3.25. The van der Waals surface area contributed by atoms with Crippen molar-refractivity contribution in [3.05, 3.63) is 24.4 Å². The highest BCUT2D eigenvalue weighted by molar-refractivity contribution is 8.50. The van der Waals surface area contributed by atoms with Gasteiger partial charge in [-0.25, -0.2) is 4.98 Å². The van der Waals surface area contributed by atoms with Gasteiger partial charge in [0.15, 0.2) is 5.03 Å². The number of hydrogen-bond acceptors (Lipinski definition) is 1. The molecule has 1 aromatic heterocycles. The molecule has 1 nitrogen and oxygen atoms in total. The number of halogens is 9. The molecule has 0 unspecified atom stereocenters. The van der Waals surface area contributed by atoms with Crippen molar-refractivity contribution >= 4 is 21.4 Å². The van der Waals surface area contributed by atoms with Gasteiger partial charge in [-0.05, 0) is 23.7 Å². The van der Waals surface area contributed by atoms with Crippen LogP contribution in [-0.4, -0.2) is 15.6 Å². The summed E-state index contributed by atoms with van der Waals surface area (Å²) in [6, 6.07) is 1.23. The average molecular weight is 322 g/mol. The lowest BCUT2D eigenvalue weighted by molar-refractivity contribution is -0.114. The third kappa shape index (κ3) is 1.81. The number of pyridine rings is 1. The minimum Gasteiger partial charge on any atom is -0.243 e. The highest BCUT2D eigenvalue weighted by Crippen LogP contribution is 3.07. The molecule has 11 heteroatoms. The zero-order valence-corrected chi connectivity index (χ0v) is 9.64. The zero-order valence-electron chi connectivity index (χ0n) is 8.07. The van der Waals surface area contributed by atoms with E-state index in [4.69, 9.17) is 0 Å². The monoisotopic (exact) mass is 321 g/mol. The lowest BCUT2D eigenvalue weighted by Gasteiger charge is -2.53. The average Bonchev–Trinajstić information content (AvgIpc) is 2.15. The van der Waals surface area contributed by atoms with Crippen LogP contribution in [0, 0.1) is 0 Å². The van der Waals surface area contributed by atoms with Crippen LogP contribution in [0.25, 0.3) is 0 Å². The van der Waals surface area contributed by atoms with Gasteiger partial charge in [-0.2, -0.15) is 17.6 Å². The number of hydrogen-bond donors (Lipinski definition) is 0. The van der Waals surface area contributed by atoms with Crippen LogP contribution >= 0.6 is 21.4 Å². The molecule has 1 rings (SSSR count). The Labute approximate surface area is 100 Å². The minimum atomic E-state index is -10.7. The van der Waals surface area contributed by atoms with E-state index < -0.39 is 25.5 Å². The van der Waals surface area contributed by atoms with Crippen molar-refractivity contribution in [1.29, 1.82) is 0 Å². The lowest BCUT2D eigenvalue weighted by Crippen LogP contribution is -2.48. The van der Waals surface area contributed by atoms with E-state index in [0.717, 1.165) is 6.07 Å². The van der Waals surface area contributed by atoms with Crippen LogP contribution in [0.5, 0.6) is 0 Å². The van der Waals surface area contributed by atoms with Crippen molar-refractivity contribution in [3.63, 3.8) is 0 Å². The molecule has 0 saturated heterocycles. The van der Waals surface area contributed by atoms with Gasteiger partial charge in [0.2, 0.25) is 0 Å². The first-order valence-corrected chi connectivity index (χ1v) is 6.42. The second kappa shape index (κ2) is 3.21. The van der Waals surface area contributed by atoms with Crippen molar-refractivity contribution in [3.8, 4) is 0 Å². The Hall–Kier alpha value is -0.770. The molecule has 0 bridgehead atoms. The van der Waals surface area contributed by atoms with Crippen molar-refractivity contribution in [1.82, 2.24) is 4.98 Å². The van der Waals surface area contributed by atoms with E-state index in [9.17, 15) is 33.1 Å². The van der Waals surface area contributed by atoms with Crippen molar-refractivity contribution in [2.75, 3.05) is 0 Å². The Morgan fingerprint density at radius 1 is 1.00 bits per heavy atom. The number of aromatic nitrogens is 1. The van der Waals surface area contributed by atoms with Gasteiger partial charge in [0.05, 0.1) is 0 Å². The smallest absolute Gasteiger partial charge is 0.243 e. The molecule has 0 aliphatic rings. The fourth-order valence-electron chi connectivity index (χ4n) is 0.954. The molecule has 0 aromatic carbocycles. The number of nitrogens with zero attached hydrogens (tertiary/aromatic N) is 1. The van der Waals surface area contributed by atoms with Crippen molar-refractivity contribution in [2.45, 2.75) is 15.7 Å². The highest BCUT2D eigenvalue weighted by Gasteiger charge is 2.91. The first-order chi connectivity index (χ1) is 7.64. The number of alkyl halides is 5. The van der Waals surface area contributed by atoms with Crippen LogP contribution in [0.3, 0.4) is 0 Å². The summed E-state index contributed by atoms with van der Waals surface area (Å²) in [5, 5.41) is -15.9. The predicted octanol–water partition coefficient (Wildman–Crippen LogP) is 5.28. The highest BCUT2D eigenvalue weighted by atomic mass is 35.5. The minimum absolute atomic E-state index is 0.169. The molecule has 0 radical (unpaired) electrons. The van der Waals surface area contributed by atoms with E-state index in [2.05, 4.69) is 16.6 Å². The van der Waals surface area contributed by atoms with Gasteiger partial charge in [0, 0.05) is 6.20 Å². The van der Waals surface area contributed by atoms with E-state index in [0.29, 0.717) is 12.3 Å². The zero-order chi connectivity index (χ0) is 14.5. The van der Waals surface area contributed by atoms with E-state index in [1.165, 1.54) is 0 Å². The topological polar surface area (TPSA) is 12.9 Å². The van der Waals surface area contributed by atoms with Gasteiger partial charge in [0.25, 0.3) is 9.84 Å². The summed E-state index contributed by atoms with van der Waals surface area (Å²) in [6.07, 6.45) is 0.343. The van der Waals surface area contributed by atoms with Gasteiger partial charge >= 0.3 is 10.6 Å². The van der Waals surface area contributed by atoms with Crippen LogP contribution in [0.15, 0.2) is 29.4 Å². The first kappa shape index (κ1) is 15.3. The van der Waals surface area contributed by atoms with E-state index in [1.54, 1.807) is 0 Å². The van der Waals surface area contributed by atoms with E-state index in [-0.39, 0.29) is 6.07 Å². The third-order valence-corrected chi connectivity index (χ3v) is 4.62. The fraction of sp³-hybridized carbons (Fsp3) is 0.286. The summed E-state index contributed by atoms with van der Waals surface area (Å²) < 4.78 is 103. The molecule has 0 aliphatic carbocycles. The quantitative estimate of drug-likeness (QED) is 0.545. The molecule has 0 spiro atoms. The molecule has 0 fully saturated rings. The molecule has 0 amide bonds. The van der Waals surface area contributed by atoms with Gasteiger partial charge in [0.1, 0.15) is 0 Å². The summed E-state index contributed by atoms with van der Waals surface area (Å²) in [5.41, 5.74) is 0. The maximum absolute atomic E-state index is 13.2. The Balaban J connectivity index is 3.69. The molecular weight excluding hydrogens is 318 g/mol. The summed E-state index contributed by atoms with van der Waals surface area (Å²) in [6.45, 7) is 0. The molecule has 1 aromatic rings. The number of rotatable bonds is 3. The van der Waals surface area contributed by atoms with Crippen LogP contribution in [-0.2, 0) is 0 Å². The molecule has 0 atom stereocenters. The van der Waals surface area contributed by atoms with Crippen LogP contribution < -0.4 is 0 Å². The molecule has 0 N–H and O–H groups in total. The fourth-order valence-corrected chi connectivity index (χ4v) is 2.77. The van der Waals surface area contributed by atoms with Gasteiger partial charge < -0.3 is 0 Å². The molecule has 0 saturated carbocycles. The molecule has 0 aliphatic heterocycles. The molecule has 18 heavy (non-hydrogen) atoms. The third-order valence-electron chi connectivity index (χ3n) is 1.90.